The summed E-state index contributed by atoms with van der Waals surface area (Å²) < 4.78 is 5.84. The Balaban J connectivity index is 2.40. The van der Waals surface area contributed by atoms with Crippen LogP contribution < -0.4 is 10.5 Å². The lowest BCUT2D eigenvalue weighted by Gasteiger charge is -2.12. The van der Waals surface area contributed by atoms with Crippen LogP contribution in [0.3, 0.4) is 0 Å². The quantitative estimate of drug-likeness (QED) is 0.803. The second-order valence-corrected chi connectivity index (χ2v) is 4.04. The third-order valence-corrected chi connectivity index (χ3v) is 2.77. The van der Waals surface area contributed by atoms with Gasteiger partial charge in [0.25, 0.3) is 0 Å². The molecule has 0 aliphatic heterocycles. The smallest absolute Gasteiger partial charge is 0.149 e. The van der Waals surface area contributed by atoms with E-state index in [1.165, 1.54) is 0 Å². The van der Waals surface area contributed by atoms with Gasteiger partial charge in [-0.15, -0.1) is 0 Å². The zero-order valence-electron chi connectivity index (χ0n) is 10.1. The summed E-state index contributed by atoms with van der Waals surface area (Å²) in [6, 6.07) is 8.03. The third kappa shape index (κ3) is 2.56. The SMILES string of the molecule is CCCCOc1c(CN)ccc2cccnc12. The lowest BCUT2D eigenvalue weighted by molar-refractivity contribution is 0.309. The van der Waals surface area contributed by atoms with Gasteiger partial charge in [-0.3, -0.25) is 4.98 Å². The molecule has 0 spiro atoms. The molecule has 0 saturated carbocycles. The molecule has 2 rings (SSSR count). The fourth-order valence-electron chi connectivity index (χ4n) is 1.80. The van der Waals surface area contributed by atoms with E-state index in [4.69, 9.17) is 10.5 Å². The van der Waals surface area contributed by atoms with E-state index in [1.54, 1.807) is 6.20 Å². The van der Waals surface area contributed by atoms with E-state index in [0.717, 1.165) is 41.7 Å². The van der Waals surface area contributed by atoms with E-state index >= 15 is 0 Å². The minimum Gasteiger partial charge on any atom is -0.491 e. The third-order valence-electron chi connectivity index (χ3n) is 2.77. The summed E-state index contributed by atoms with van der Waals surface area (Å²) in [5, 5.41) is 1.09. The maximum Gasteiger partial charge on any atom is 0.149 e. The van der Waals surface area contributed by atoms with E-state index in [-0.39, 0.29) is 0 Å². The molecule has 3 heteroatoms. The number of fused-ring (bicyclic) bond motifs is 1. The van der Waals surface area contributed by atoms with Crippen molar-refractivity contribution in [3.63, 3.8) is 0 Å². The highest BCUT2D eigenvalue weighted by Gasteiger charge is 2.08. The van der Waals surface area contributed by atoms with E-state index in [2.05, 4.69) is 11.9 Å². The number of nitrogens with two attached hydrogens (primary N) is 1. The average Bonchev–Trinajstić information content (AvgIpc) is 2.39. The van der Waals surface area contributed by atoms with Crippen molar-refractivity contribution in [2.24, 2.45) is 5.73 Å². The highest BCUT2D eigenvalue weighted by Crippen LogP contribution is 2.28. The topological polar surface area (TPSA) is 48.1 Å². The van der Waals surface area contributed by atoms with E-state index in [1.807, 2.05) is 24.3 Å². The fourth-order valence-corrected chi connectivity index (χ4v) is 1.80. The Morgan fingerprint density at radius 1 is 1.29 bits per heavy atom. The Morgan fingerprint density at radius 2 is 2.18 bits per heavy atom. The van der Waals surface area contributed by atoms with Crippen LogP contribution in [-0.4, -0.2) is 11.6 Å². The van der Waals surface area contributed by atoms with Gasteiger partial charge in [0.1, 0.15) is 11.3 Å². The molecule has 0 aliphatic rings. The zero-order chi connectivity index (χ0) is 12.1. The van der Waals surface area contributed by atoms with Crippen molar-refractivity contribution in [3.8, 4) is 5.75 Å². The number of ether oxygens (including phenoxy) is 1. The molecule has 1 heterocycles. The largest absolute Gasteiger partial charge is 0.491 e. The number of hydrogen-bond donors (Lipinski definition) is 1. The van der Waals surface area contributed by atoms with Crippen LogP contribution in [0.5, 0.6) is 5.75 Å². The van der Waals surface area contributed by atoms with Crippen LogP contribution >= 0.6 is 0 Å². The second-order valence-electron chi connectivity index (χ2n) is 4.04. The Kier molecular flexibility index (Phi) is 3.94. The van der Waals surface area contributed by atoms with E-state index in [9.17, 15) is 0 Å². The van der Waals surface area contributed by atoms with Crippen molar-refractivity contribution < 1.29 is 4.74 Å². The van der Waals surface area contributed by atoms with Gasteiger partial charge >= 0.3 is 0 Å². The van der Waals surface area contributed by atoms with Crippen molar-refractivity contribution in [3.05, 3.63) is 36.0 Å². The number of rotatable bonds is 5. The van der Waals surface area contributed by atoms with Crippen LogP contribution in [0.1, 0.15) is 25.3 Å². The molecule has 0 atom stereocenters. The molecule has 0 radical (unpaired) electrons. The van der Waals surface area contributed by atoms with Crippen molar-refractivity contribution in [1.29, 1.82) is 0 Å². The molecule has 3 nitrogen and oxygen atoms in total. The number of unbranched alkanes of at least 4 members (excludes halogenated alkanes) is 1. The van der Waals surface area contributed by atoms with Crippen molar-refractivity contribution in [1.82, 2.24) is 4.98 Å². The maximum atomic E-state index is 5.84. The molecule has 0 saturated heterocycles. The molecule has 1 aromatic carbocycles. The molecule has 17 heavy (non-hydrogen) atoms. The molecule has 1 aromatic heterocycles. The molecular weight excluding hydrogens is 212 g/mol. The van der Waals surface area contributed by atoms with Gasteiger partial charge in [-0.05, 0) is 12.5 Å². The maximum absolute atomic E-state index is 5.84. The summed E-state index contributed by atoms with van der Waals surface area (Å²) in [6.45, 7) is 3.35. The summed E-state index contributed by atoms with van der Waals surface area (Å²) in [7, 11) is 0. The molecular formula is C14H18N2O. The van der Waals surface area contributed by atoms with Gasteiger partial charge in [-0.2, -0.15) is 0 Å². The highest BCUT2D eigenvalue weighted by atomic mass is 16.5. The zero-order valence-corrected chi connectivity index (χ0v) is 10.1. The molecule has 2 N–H and O–H groups in total. The van der Waals surface area contributed by atoms with Crippen LogP contribution in [0.2, 0.25) is 0 Å². The normalized spacial score (nSPS) is 10.7. The molecule has 0 unspecified atom stereocenters. The lowest BCUT2D eigenvalue weighted by Crippen LogP contribution is -2.04. The first-order valence-corrected chi connectivity index (χ1v) is 6.06. The number of hydrogen-bond acceptors (Lipinski definition) is 3. The predicted octanol–water partition coefficient (Wildman–Crippen LogP) is 2.87. The van der Waals surface area contributed by atoms with Gasteiger partial charge in [-0.1, -0.05) is 31.5 Å². The summed E-state index contributed by atoms with van der Waals surface area (Å²) in [5.74, 6) is 0.846. The van der Waals surface area contributed by atoms with Gasteiger partial charge in [0.2, 0.25) is 0 Å². The number of benzene rings is 1. The number of aromatic nitrogens is 1. The Labute approximate surface area is 102 Å². The summed E-state index contributed by atoms with van der Waals surface area (Å²) >= 11 is 0. The molecule has 2 aromatic rings. The van der Waals surface area contributed by atoms with Gasteiger partial charge in [0.15, 0.2) is 0 Å². The first-order valence-electron chi connectivity index (χ1n) is 6.06. The van der Waals surface area contributed by atoms with Crippen molar-refractivity contribution >= 4 is 10.9 Å². The van der Waals surface area contributed by atoms with Crippen LogP contribution in [0.4, 0.5) is 0 Å². The first-order chi connectivity index (χ1) is 8.36. The van der Waals surface area contributed by atoms with Gasteiger partial charge in [0.05, 0.1) is 6.61 Å². The van der Waals surface area contributed by atoms with E-state index < -0.39 is 0 Å². The molecule has 0 bridgehead atoms. The Bertz CT molecular complexity index is 497. The van der Waals surface area contributed by atoms with Crippen LogP contribution in [-0.2, 0) is 6.54 Å². The first kappa shape index (κ1) is 11.9. The Morgan fingerprint density at radius 3 is 2.94 bits per heavy atom. The number of pyridine rings is 1. The van der Waals surface area contributed by atoms with Crippen molar-refractivity contribution in [2.45, 2.75) is 26.3 Å². The van der Waals surface area contributed by atoms with E-state index in [0.29, 0.717) is 6.54 Å². The predicted molar refractivity (Wildman–Crippen MR) is 70.0 cm³/mol. The minimum atomic E-state index is 0.480. The number of nitrogens with zero attached hydrogens (tertiary/aromatic N) is 1. The Hall–Kier alpha value is -1.61. The molecule has 0 amide bonds. The average molecular weight is 230 g/mol. The molecule has 0 fully saturated rings. The fraction of sp³-hybridized carbons (Fsp3) is 0.357. The second kappa shape index (κ2) is 5.64. The van der Waals surface area contributed by atoms with Gasteiger partial charge < -0.3 is 10.5 Å². The highest BCUT2D eigenvalue weighted by molar-refractivity contribution is 5.85. The summed E-state index contributed by atoms with van der Waals surface area (Å²) in [5.41, 5.74) is 7.67. The van der Waals surface area contributed by atoms with Gasteiger partial charge in [0, 0.05) is 23.7 Å². The summed E-state index contributed by atoms with van der Waals surface area (Å²) in [6.07, 6.45) is 3.96. The lowest BCUT2D eigenvalue weighted by atomic mass is 10.1. The monoisotopic (exact) mass is 230 g/mol. The molecule has 90 valence electrons. The molecule has 0 aliphatic carbocycles. The van der Waals surface area contributed by atoms with Crippen molar-refractivity contribution in [2.75, 3.05) is 6.61 Å². The van der Waals surface area contributed by atoms with Crippen LogP contribution in [0.25, 0.3) is 10.9 Å². The summed E-state index contributed by atoms with van der Waals surface area (Å²) in [4.78, 5) is 4.39. The standard InChI is InChI=1S/C14H18N2O/c1-2-3-9-17-14-12(10-15)7-6-11-5-4-8-16-13(11)14/h4-8H,2-3,9-10,15H2,1H3. The van der Waals surface area contributed by atoms with Gasteiger partial charge in [-0.25, -0.2) is 0 Å². The minimum absolute atomic E-state index is 0.480. The van der Waals surface area contributed by atoms with Crippen LogP contribution in [0.15, 0.2) is 30.5 Å². The van der Waals surface area contributed by atoms with Crippen LogP contribution in [0, 0.1) is 0 Å².